The number of hydrogen-bond acceptors (Lipinski definition) is 6. The lowest BCUT2D eigenvalue weighted by molar-refractivity contribution is 0.363. The van der Waals surface area contributed by atoms with Crippen LogP contribution in [-0.4, -0.2) is 29.2 Å². The molecule has 0 spiro atoms. The Kier molecular flexibility index (Phi) is 4.12. The fourth-order valence-corrected chi connectivity index (χ4v) is 1.73. The zero-order valence-corrected chi connectivity index (χ0v) is 11.2. The molecule has 100 valence electrons. The molecule has 0 aliphatic carbocycles. The van der Waals surface area contributed by atoms with Gasteiger partial charge in [0.25, 0.3) is 0 Å². The van der Waals surface area contributed by atoms with Crippen LogP contribution in [0, 0.1) is 6.92 Å². The molecule has 0 aromatic carbocycles. The van der Waals surface area contributed by atoms with E-state index in [-0.39, 0.29) is 0 Å². The molecule has 0 aliphatic rings. The monoisotopic (exact) mass is 260 g/mol. The molecule has 19 heavy (non-hydrogen) atoms. The molecule has 6 nitrogen and oxygen atoms in total. The lowest BCUT2D eigenvalue weighted by atomic mass is 10.2. The third-order valence-electron chi connectivity index (χ3n) is 2.60. The van der Waals surface area contributed by atoms with Crippen molar-refractivity contribution in [2.75, 3.05) is 19.5 Å². The Hall–Kier alpha value is -2.37. The van der Waals surface area contributed by atoms with Crippen molar-refractivity contribution in [3.8, 4) is 11.8 Å². The number of hydrogen-bond donors (Lipinski definition) is 1. The van der Waals surface area contributed by atoms with E-state index in [0.717, 1.165) is 16.8 Å². The van der Waals surface area contributed by atoms with Gasteiger partial charge in [0.1, 0.15) is 6.33 Å². The average Bonchev–Trinajstić information content (AvgIpc) is 2.44. The van der Waals surface area contributed by atoms with Crippen LogP contribution in [-0.2, 0) is 6.54 Å². The van der Waals surface area contributed by atoms with Gasteiger partial charge in [0.05, 0.1) is 32.0 Å². The Morgan fingerprint density at radius 3 is 2.37 bits per heavy atom. The summed E-state index contributed by atoms with van der Waals surface area (Å²) in [5, 5.41) is 3.25. The molecule has 2 aromatic heterocycles. The third-order valence-corrected chi connectivity index (χ3v) is 2.60. The van der Waals surface area contributed by atoms with Crippen LogP contribution < -0.4 is 14.8 Å². The first-order chi connectivity index (χ1) is 9.24. The van der Waals surface area contributed by atoms with E-state index in [1.807, 2.05) is 13.0 Å². The number of rotatable bonds is 5. The summed E-state index contributed by atoms with van der Waals surface area (Å²) in [4.78, 5) is 12.3. The summed E-state index contributed by atoms with van der Waals surface area (Å²) < 4.78 is 10.4. The highest BCUT2D eigenvalue weighted by Crippen LogP contribution is 2.24. The topological polar surface area (TPSA) is 69.2 Å². The minimum atomic E-state index is 0.498. The molecule has 6 heteroatoms. The lowest BCUT2D eigenvalue weighted by Gasteiger charge is -2.12. The third kappa shape index (κ3) is 3.09. The highest BCUT2D eigenvalue weighted by Gasteiger charge is 2.12. The minimum Gasteiger partial charge on any atom is -0.481 e. The van der Waals surface area contributed by atoms with Gasteiger partial charge < -0.3 is 14.8 Å². The molecule has 2 rings (SSSR count). The van der Waals surface area contributed by atoms with Crippen molar-refractivity contribution in [1.29, 1.82) is 0 Å². The minimum absolute atomic E-state index is 0.498. The maximum Gasteiger partial charge on any atom is 0.225 e. The van der Waals surface area contributed by atoms with Gasteiger partial charge in [0, 0.05) is 12.4 Å². The zero-order chi connectivity index (χ0) is 13.7. The van der Waals surface area contributed by atoms with Crippen LogP contribution in [0.5, 0.6) is 11.8 Å². The predicted octanol–water partition coefficient (Wildman–Crippen LogP) is 1.81. The van der Waals surface area contributed by atoms with E-state index in [0.29, 0.717) is 18.3 Å². The maximum atomic E-state index is 5.21. The summed E-state index contributed by atoms with van der Waals surface area (Å²) in [6.07, 6.45) is 4.98. The molecule has 2 aromatic rings. The summed E-state index contributed by atoms with van der Waals surface area (Å²) in [7, 11) is 3.14. The van der Waals surface area contributed by atoms with Crippen molar-refractivity contribution < 1.29 is 9.47 Å². The first-order valence-electron chi connectivity index (χ1n) is 5.82. The van der Waals surface area contributed by atoms with Crippen molar-refractivity contribution in [3.63, 3.8) is 0 Å². The molecule has 0 bridgehead atoms. The van der Waals surface area contributed by atoms with Crippen LogP contribution in [0.2, 0.25) is 0 Å². The van der Waals surface area contributed by atoms with E-state index in [1.54, 1.807) is 26.6 Å². The number of ether oxygens (including phenoxy) is 2. The van der Waals surface area contributed by atoms with Gasteiger partial charge in [-0.05, 0) is 18.6 Å². The van der Waals surface area contributed by atoms with Gasteiger partial charge in [-0.15, -0.1) is 0 Å². The summed E-state index contributed by atoms with van der Waals surface area (Å²) >= 11 is 0. The highest BCUT2D eigenvalue weighted by atomic mass is 16.5. The van der Waals surface area contributed by atoms with Gasteiger partial charge in [-0.3, -0.25) is 4.98 Å². The molecular formula is C13H16N4O2. The molecule has 0 saturated carbocycles. The summed E-state index contributed by atoms with van der Waals surface area (Å²) in [5.74, 6) is 1.000. The number of methoxy groups -OCH3 is 2. The molecule has 1 N–H and O–H groups in total. The fourth-order valence-electron chi connectivity index (χ4n) is 1.73. The molecule has 0 atom stereocenters. The Balaban J connectivity index is 2.19. The highest BCUT2D eigenvalue weighted by molar-refractivity contribution is 5.45. The van der Waals surface area contributed by atoms with E-state index in [2.05, 4.69) is 20.3 Å². The number of aromatic nitrogens is 3. The van der Waals surface area contributed by atoms with E-state index in [9.17, 15) is 0 Å². The fraction of sp³-hybridized carbons (Fsp3) is 0.308. The average molecular weight is 260 g/mol. The largest absolute Gasteiger partial charge is 0.481 e. The summed E-state index contributed by atoms with van der Waals surface area (Å²) in [5.41, 5.74) is 2.79. The van der Waals surface area contributed by atoms with Crippen LogP contribution in [0.15, 0.2) is 24.8 Å². The number of nitrogens with zero attached hydrogens (tertiary/aromatic N) is 3. The second-order valence-corrected chi connectivity index (χ2v) is 3.98. The van der Waals surface area contributed by atoms with Crippen molar-refractivity contribution in [1.82, 2.24) is 15.0 Å². The molecule has 0 radical (unpaired) electrons. The molecule has 2 heterocycles. The lowest BCUT2D eigenvalue weighted by Crippen LogP contribution is -2.07. The zero-order valence-electron chi connectivity index (χ0n) is 11.2. The standard InChI is InChI=1S/C13H16N4O2/c1-9-4-10(6-14-5-9)15-7-11-12(18-2)16-8-17-13(11)19-3/h4-6,8,15H,7H2,1-3H3. The van der Waals surface area contributed by atoms with E-state index in [4.69, 9.17) is 9.47 Å². The van der Waals surface area contributed by atoms with Crippen LogP contribution >= 0.6 is 0 Å². The number of nitrogens with one attached hydrogen (secondary N) is 1. The quantitative estimate of drug-likeness (QED) is 0.884. The number of aryl methyl sites for hydroxylation is 1. The first kappa shape index (κ1) is 13.1. The van der Waals surface area contributed by atoms with Crippen molar-refractivity contribution in [3.05, 3.63) is 35.9 Å². The number of pyridine rings is 1. The Labute approximate surface area is 111 Å². The molecule has 0 fully saturated rings. The van der Waals surface area contributed by atoms with E-state index >= 15 is 0 Å². The van der Waals surface area contributed by atoms with Crippen LogP contribution in [0.4, 0.5) is 5.69 Å². The summed E-state index contributed by atoms with van der Waals surface area (Å²) in [6.45, 7) is 2.49. The van der Waals surface area contributed by atoms with Crippen molar-refractivity contribution in [2.45, 2.75) is 13.5 Å². The van der Waals surface area contributed by atoms with E-state index in [1.165, 1.54) is 6.33 Å². The normalized spacial score (nSPS) is 10.1. The molecule has 0 amide bonds. The predicted molar refractivity (Wildman–Crippen MR) is 71.4 cm³/mol. The number of anilines is 1. The van der Waals surface area contributed by atoms with Crippen molar-refractivity contribution in [2.24, 2.45) is 0 Å². The molecule has 0 aliphatic heterocycles. The Morgan fingerprint density at radius 2 is 1.79 bits per heavy atom. The second-order valence-electron chi connectivity index (χ2n) is 3.98. The molecule has 0 unspecified atom stereocenters. The Morgan fingerprint density at radius 1 is 1.11 bits per heavy atom. The summed E-state index contributed by atoms with van der Waals surface area (Å²) in [6, 6.07) is 2.01. The van der Waals surface area contributed by atoms with Gasteiger partial charge in [-0.25, -0.2) is 9.97 Å². The van der Waals surface area contributed by atoms with Gasteiger partial charge in [0.2, 0.25) is 11.8 Å². The Bertz CT molecular complexity index is 538. The van der Waals surface area contributed by atoms with Crippen LogP contribution in [0.3, 0.4) is 0 Å². The van der Waals surface area contributed by atoms with Gasteiger partial charge in [0.15, 0.2) is 0 Å². The first-order valence-corrected chi connectivity index (χ1v) is 5.82. The smallest absolute Gasteiger partial charge is 0.225 e. The van der Waals surface area contributed by atoms with Crippen LogP contribution in [0.25, 0.3) is 0 Å². The van der Waals surface area contributed by atoms with Gasteiger partial charge >= 0.3 is 0 Å². The molecular weight excluding hydrogens is 244 g/mol. The van der Waals surface area contributed by atoms with Crippen LogP contribution in [0.1, 0.15) is 11.1 Å². The molecule has 0 saturated heterocycles. The van der Waals surface area contributed by atoms with Gasteiger partial charge in [-0.1, -0.05) is 0 Å². The van der Waals surface area contributed by atoms with E-state index < -0.39 is 0 Å². The second kappa shape index (κ2) is 5.99. The SMILES string of the molecule is COc1ncnc(OC)c1CNc1cncc(C)c1. The maximum absolute atomic E-state index is 5.21. The van der Waals surface area contributed by atoms with Gasteiger partial charge in [-0.2, -0.15) is 0 Å². The van der Waals surface area contributed by atoms with Crippen molar-refractivity contribution >= 4 is 5.69 Å².